The van der Waals surface area contributed by atoms with E-state index >= 15 is 0 Å². The highest BCUT2D eigenvalue weighted by Crippen LogP contribution is 2.16. The molecule has 0 amide bonds. The fourth-order valence-corrected chi connectivity index (χ4v) is 3.15. The summed E-state index contributed by atoms with van der Waals surface area (Å²) in [7, 11) is 0. The van der Waals surface area contributed by atoms with Gasteiger partial charge >= 0.3 is 0 Å². The number of rotatable bonds is 5. The monoisotopic (exact) mass is 355 g/mol. The minimum atomic E-state index is 0.0833. The summed E-state index contributed by atoms with van der Waals surface area (Å²) >= 11 is 0. The summed E-state index contributed by atoms with van der Waals surface area (Å²) < 4.78 is 1.78. The molecule has 0 fully saturated rings. The van der Waals surface area contributed by atoms with Crippen molar-refractivity contribution in [3.05, 3.63) is 102 Å². The minimum Gasteiger partial charge on any atom is -0.306 e. The summed E-state index contributed by atoms with van der Waals surface area (Å²) in [5.74, 6) is 0.0833. The number of Topliss-reactive ketones (excluding diaryl/α,β-unsaturated/α-hetero) is 1. The van der Waals surface area contributed by atoms with Crippen LogP contribution in [0, 0.1) is 0 Å². The number of hydrogen-bond acceptors (Lipinski definition) is 3. The van der Waals surface area contributed by atoms with E-state index in [0.29, 0.717) is 12.1 Å². The van der Waals surface area contributed by atoms with Gasteiger partial charge in [0.25, 0.3) is 0 Å². The van der Waals surface area contributed by atoms with Crippen LogP contribution in [0.2, 0.25) is 0 Å². The molecule has 27 heavy (non-hydrogen) atoms. The molecule has 0 saturated heterocycles. The van der Waals surface area contributed by atoms with E-state index in [-0.39, 0.29) is 11.8 Å². The van der Waals surface area contributed by atoms with Crippen molar-refractivity contribution in [2.24, 2.45) is 0 Å². The van der Waals surface area contributed by atoms with Crippen molar-refractivity contribution in [3.8, 4) is 5.69 Å². The number of hydrogen-bond donors (Lipinski definition) is 1. The SMILES string of the molecule is O=C(C1=CCC(C=Cc2ccccc2)NC1)c1ccc(-n2cccn2)cc1. The summed E-state index contributed by atoms with van der Waals surface area (Å²) in [5.41, 5.74) is 3.66. The Morgan fingerprint density at radius 1 is 1.07 bits per heavy atom. The molecule has 1 atom stereocenters. The topological polar surface area (TPSA) is 46.9 Å². The predicted octanol–water partition coefficient (Wildman–Crippen LogP) is 4.06. The first-order valence-electron chi connectivity index (χ1n) is 9.10. The molecule has 1 unspecified atom stereocenters. The first-order valence-corrected chi connectivity index (χ1v) is 9.10. The maximum Gasteiger partial charge on any atom is 0.189 e. The maximum atomic E-state index is 12.7. The van der Waals surface area contributed by atoms with Gasteiger partial charge in [0.05, 0.1) is 5.69 Å². The number of ketones is 1. The first-order chi connectivity index (χ1) is 13.3. The molecule has 2 aromatic carbocycles. The Morgan fingerprint density at radius 2 is 1.89 bits per heavy atom. The fourth-order valence-electron chi connectivity index (χ4n) is 3.15. The maximum absolute atomic E-state index is 12.7. The number of carbonyl (C=O) groups excluding carboxylic acids is 1. The zero-order chi connectivity index (χ0) is 18.5. The minimum absolute atomic E-state index is 0.0833. The highest BCUT2D eigenvalue weighted by molar-refractivity contribution is 6.09. The van der Waals surface area contributed by atoms with E-state index in [1.165, 1.54) is 5.56 Å². The third kappa shape index (κ3) is 4.13. The lowest BCUT2D eigenvalue weighted by atomic mass is 9.97. The van der Waals surface area contributed by atoms with Crippen molar-refractivity contribution in [3.63, 3.8) is 0 Å². The van der Waals surface area contributed by atoms with Crippen LogP contribution >= 0.6 is 0 Å². The van der Waals surface area contributed by atoms with E-state index in [0.717, 1.165) is 17.7 Å². The smallest absolute Gasteiger partial charge is 0.189 e. The summed E-state index contributed by atoms with van der Waals surface area (Å²) in [4.78, 5) is 12.7. The van der Waals surface area contributed by atoms with Crippen molar-refractivity contribution in [2.45, 2.75) is 12.5 Å². The molecule has 0 saturated carbocycles. The molecule has 0 aliphatic carbocycles. The third-order valence-electron chi connectivity index (χ3n) is 4.68. The van der Waals surface area contributed by atoms with Gasteiger partial charge < -0.3 is 5.32 Å². The van der Waals surface area contributed by atoms with Crippen molar-refractivity contribution in [2.75, 3.05) is 6.54 Å². The van der Waals surface area contributed by atoms with E-state index in [2.05, 4.69) is 40.8 Å². The van der Waals surface area contributed by atoms with Gasteiger partial charge in [-0.25, -0.2) is 4.68 Å². The van der Waals surface area contributed by atoms with Crippen LogP contribution in [0.4, 0.5) is 0 Å². The summed E-state index contributed by atoms with van der Waals surface area (Å²) in [6.45, 7) is 0.587. The molecule has 0 bridgehead atoms. The van der Waals surface area contributed by atoms with Crippen LogP contribution in [0.15, 0.2) is 90.8 Å². The Kier molecular flexibility index (Phi) is 5.08. The van der Waals surface area contributed by atoms with E-state index in [9.17, 15) is 4.79 Å². The van der Waals surface area contributed by atoms with Gasteiger partial charge in [-0.3, -0.25) is 4.79 Å². The van der Waals surface area contributed by atoms with Gasteiger partial charge in [-0.1, -0.05) is 48.6 Å². The molecule has 3 aromatic rings. The second-order valence-corrected chi connectivity index (χ2v) is 6.55. The lowest BCUT2D eigenvalue weighted by Gasteiger charge is -2.20. The highest BCUT2D eigenvalue weighted by Gasteiger charge is 2.17. The third-order valence-corrected chi connectivity index (χ3v) is 4.68. The number of aromatic nitrogens is 2. The summed E-state index contributed by atoms with van der Waals surface area (Å²) in [6.07, 6.45) is 10.8. The molecule has 4 heteroatoms. The van der Waals surface area contributed by atoms with Gasteiger partial charge in [0.1, 0.15) is 0 Å². The van der Waals surface area contributed by atoms with Gasteiger partial charge in [0.15, 0.2) is 5.78 Å². The van der Waals surface area contributed by atoms with Crippen LogP contribution in [0.5, 0.6) is 0 Å². The van der Waals surface area contributed by atoms with E-state index in [4.69, 9.17) is 0 Å². The predicted molar refractivity (Wildman–Crippen MR) is 108 cm³/mol. The molecule has 2 heterocycles. The lowest BCUT2D eigenvalue weighted by molar-refractivity contribution is 0.103. The normalized spacial score (nSPS) is 17.0. The fraction of sp³-hybridized carbons (Fsp3) is 0.130. The van der Waals surface area contributed by atoms with Gasteiger partial charge in [-0.2, -0.15) is 5.10 Å². The first kappa shape index (κ1) is 17.2. The van der Waals surface area contributed by atoms with Crippen molar-refractivity contribution >= 4 is 11.9 Å². The van der Waals surface area contributed by atoms with Crippen LogP contribution in [0.3, 0.4) is 0 Å². The van der Waals surface area contributed by atoms with Gasteiger partial charge in [0, 0.05) is 36.1 Å². The molecule has 1 aromatic heterocycles. The zero-order valence-electron chi connectivity index (χ0n) is 15.0. The Labute approximate surface area is 158 Å². The zero-order valence-corrected chi connectivity index (χ0v) is 15.0. The molecule has 4 rings (SSSR count). The van der Waals surface area contributed by atoms with Gasteiger partial charge in [-0.05, 0) is 42.3 Å². The number of nitrogens with zero attached hydrogens (tertiary/aromatic N) is 2. The van der Waals surface area contributed by atoms with Gasteiger partial charge in [-0.15, -0.1) is 0 Å². The van der Waals surface area contributed by atoms with E-state index < -0.39 is 0 Å². The molecular weight excluding hydrogens is 334 g/mol. The molecule has 0 radical (unpaired) electrons. The number of carbonyl (C=O) groups is 1. The van der Waals surface area contributed by atoms with Crippen LogP contribution < -0.4 is 5.32 Å². The largest absolute Gasteiger partial charge is 0.306 e. The summed E-state index contributed by atoms with van der Waals surface area (Å²) in [5, 5.41) is 7.64. The number of nitrogens with one attached hydrogen (secondary N) is 1. The van der Waals surface area contributed by atoms with Crippen LogP contribution in [0.25, 0.3) is 11.8 Å². The molecular formula is C23H21N3O. The average Bonchev–Trinajstić information content (AvgIpc) is 3.28. The molecule has 1 aliphatic heterocycles. The van der Waals surface area contributed by atoms with Crippen molar-refractivity contribution in [1.29, 1.82) is 0 Å². The Bertz CT molecular complexity index is 955. The standard InChI is InChI=1S/C23H21N3O/c27-23(19-9-13-22(14-10-19)26-16-4-15-25-26)20-8-12-21(24-17-20)11-7-18-5-2-1-3-6-18/h1-11,13-16,21,24H,12,17H2. The molecule has 134 valence electrons. The van der Waals surface area contributed by atoms with E-state index in [1.54, 1.807) is 10.9 Å². The Hall–Kier alpha value is -3.24. The molecule has 1 N–H and O–H groups in total. The quantitative estimate of drug-likeness (QED) is 0.702. The summed E-state index contributed by atoms with van der Waals surface area (Å²) in [6, 6.07) is 19.9. The van der Waals surface area contributed by atoms with Crippen LogP contribution in [0.1, 0.15) is 22.3 Å². The Morgan fingerprint density at radius 3 is 2.56 bits per heavy atom. The Balaban J connectivity index is 1.40. The second kappa shape index (κ2) is 7.98. The number of benzene rings is 2. The van der Waals surface area contributed by atoms with Crippen molar-refractivity contribution < 1.29 is 4.79 Å². The molecule has 0 spiro atoms. The molecule has 1 aliphatic rings. The molecule has 4 nitrogen and oxygen atoms in total. The van der Waals surface area contributed by atoms with Crippen LogP contribution in [-0.4, -0.2) is 28.2 Å². The van der Waals surface area contributed by atoms with Crippen LogP contribution in [-0.2, 0) is 0 Å². The lowest BCUT2D eigenvalue weighted by Crippen LogP contribution is -2.34. The van der Waals surface area contributed by atoms with E-state index in [1.807, 2.05) is 54.7 Å². The average molecular weight is 355 g/mol. The van der Waals surface area contributed by atoms with Crippen molar-refractivity contribution in [1.82, 2.24) is 15.1 Å². The van der Waals surface area contributed by atoms with Gasteiger partial charge in [0.2, 0.25) is 0 Å². The second-order valence-electron chi connectivity index (χ2n) is 6.55. The highest BCUT2D eigenvalue weighted by atomic mass is 16.1.